The summed E-state index contributed by atoms with van der Waals surface area (Å²) < 4.78 is 0. The van der Waals surface area contributed by atoms with Gasteiger partial charge in [-0.05, 0) is 19.4 Å². The van der Waals surface area contributed by atoms with E-state index in [9.17, 15) is 0 Å². The Balaban J connectivity index is 2.71. The summed E-state index contributed by atoms with van der Waals surface area (Å²) in [6, 6.07) is 8.19. The summed E-state index contributed by atoms with van der Waals surface area (Å²) in [5.74, 6) is 0. The number of rotatable bonds is 2. The molecule has 0 bridgehead atoms. The highest BCUT2D eigenvalue weighted by molar-refractivity contribution is 5.49. The molecule has 0 fully saturated rings. The Morgan fingerprint density at radius 1 is 1.25 bits per heavy atom. The molecule has 0 unspecified atom stereocenters. The van der Waals surface area contributed by atoms with Crippen LogP contribution in [0.15, 0.2) is 30.3 Å². The number of hydrogen-bond acceptors (Lipinski definition) is 1. The fourth-order valence-corrected chi connectivity index (χ4v) is 0.928. The van der Waals surface area contributed by atoms with Crippen LogP contribution in [0, 0.1) is 6.92 Å². The number of aliphatic hydroxyl groups excluding tert-OH is 1. The van der Waals surface area contributed by atoms with E-state index in [1.807, 2.05) is 18.2 Å². The van der Waals surface area contributed by atoms with Crippen molar-refractivity contribution < 1.29 is 5.11 Å². The Hall–Kier alpha value is -1.08. The van der Waals surface area contributed by atoms with E-state index in [2.05, 4.69) is 19.1 Å². The van der Waals surface area contributed by atoms with Crippen molar-refractivity contribution in [1.82, 2.24) is 0 Å². The van der Waals surface area contributed by atoms with Crippen LogP contribution in [-0.4, -0.2) is 11.2 Å². The third kappa shape index (κ3) is 2.89. The number of benzene rings is 1. The zero-order chi connectivity index (χ0) is 8.97. The summed E-state index contributed by atoms with van der Waals surface area (Å²) in [4.78, 5) is 0. The molecule has 1 heteroatoms. The molecule has 0 heterocycles. The third-order valence-corrected chi connectivity index (χ3v) is 1.64. The lowest BCUT2D eigenvalue weighted by Crippen LogP contribution is -1.91. The van der Waals surface area contributed by atoms with E-state index in [-0.39, 0.29) is 6.10 Å². The highest BCUT2D eigenvalue weighted by Crippen LogP contribution is 2.05. The summed E-state index contributed by atoms with van der Waals surface area (Å²) in [7, 11) is 0. The zero-order valence-electron chi connectivity index (χ0n) is 7.49. The summed E-state index contributed by atoms with van der Waals surface area (Å²) in [6.07, 6.45) is 3.32. The quantitative estimate of drug-likeness (QED) is 0.708. The van der Waals surface area contributed by atoms with Gasteiger partial charge < -0.3 is 5.11 Å². The van der Waals surface area contributed by atoms with Gasteiger partial charge in [0.05, 0.1) is 6.10 Å². The largest absolute Gasteiger partial charge is 0.389 e. The summed E-state index contributed by atoms with van der Waals surface area (Å²) >= 11 is 0. The summed E-state index contributed by atoms with van der Waals surface area (Å²) in [6.45, 7) is 3.80. The van der Waals surface area contributed by atoms with Crippen molar-refractivity contribution in [3.63, 3.8) is 0 Å². The molecule has 12 heavy (non-hydrogen) atoms. The molecule has 0 amide bonds. The summed E-state index contributed by atoms with van der Waals surface area (Å²) in [5, 5.41) is 8.98. The van der Waals surface area contributed by atoms with Gasteiger partial charge in [0.2, 0.25) is 0 Å². The van der Waals surface area contributed by atoms with E-state index in [4.69, 9.17) is 5.11 Å². The van der Waals surface area contributed by atoms with Gasteiger partial charge in [-0.15, -0.1) is 0 Å². The molecule has 1 rings (SSSR count). The van der Waals surface area contributed by atoms with Crippen LogP contribution >= 0.6 is 0 Å². The first-order valence-corrected chi connectivity index (χ1v) is 4.11. The van der Waals surface area contributed by atoms with E-state index < -0.39 is 0 Å². The smallest absolute Gasteiger partial charge is 0.0696 e. The third-order valence-electron chi connectivity index (χ3n) is 1.64. The van der Waals surface area contributed by atoms with E-state index in [0.717, 1.165) is 5.56 Å². The van der Waals surface area contributed by atoms with E-state index in [1.165, 1.54) is 5.56 Å². The number of hydrogen-bond donors (Lipinski definition) is 1. The maximum Gasteiger partial charge on any atom is 0.0696 e. The van der Waals surface area contributed by atoms with Gasteiger partial charge in [-0.2, -0.15) is 0 Å². The zero-order valence-corrected chi connectivity index (χ0v) is 7.49. The second kappa shape index (κ2) is 4.07. The van der Waals surface area contributed by atoms with E-state index in [1.54, 1.807) is 13.0 Å². The average Bonchev–Trinajstić information content (AvgIpc) is 2.03. The van der Waals surface area contributed by atoms with Crippen LogP contribution in [0.3, 0.4) is 0 Å². The van der Waals surface area contributed by atoms with Crippen molar-refractivity contribution >= 4 is 6.08 Å². The highest BCUT2D eigenvalue weighted by atomic mass is 16.3. The van der Waals surface area contributed by atoms with Crippen molar-refractivity contribution in [3.8, 4) is 0 Å². The Kier molecular flexibility index (Phi) is 3.06. The predicted octanol–water partition coefficient (Wildman–Crippen LogP) is 2.39. The van der Waals surface area contributed by atoms with Crippen molar-refractivity contribution in [2.75, 3.05) is 0 Å². The minimum absolute atomic E-state index is 0.369. The van der Waals surface area contributed by atoms with Crippen LogP contribution in [0.4, 0.5) is 0 Å². The highest BCUT2D eigenvalue weighted by Gasteiger charge is 1.88. The summed E-state index contributed by atoms with van der Waals surface area (Å²) in [5.41, 5.74) is 2.38. The molecule has 0 radical (unpaired) electrons. The molecule has 0 aliphatic heterocycles. The van der Waals surface area contributed by atoms with Crippen LogP contribution in [0.5, 0.6) is 0 Å². The van der Waals surface area contributed by atoms with Crippen LogP contribution in [-0.2, 0) is 0 Å². The molecule has 1 atom stereocenters. The number of aryl methyl sites for hydroxylation is 1. The first-order valence-electron chi connectivity index (χ1n) is 4.11. The van der Waals surface area contributed by atoms with Crippen LogP contribution in [0.2, 0.25) is 0 Å². The standard InChI is InChI=1S/C11H14O/c1-9-3-6-11(7-4-9)8-5-10(2)12/h3-8,10,12H,1-2H3/b8-5+/t10-/m0/s1. The average molecular weight is 162 g/mol. The van der Waals surface area contributed by atoms with E-state index >= 15 is 0 Å². The Morgan fingerprint density at radius 2 is 1.83 bits per heavy atom. The molecule has 1 N–H and O–H groups in total. The Bertz CT molecular complexity index is 257. The molecule has 0 aliphatic carbocycles. The van der Waals surface area contributed by atoms with Crippen LogP contribution < -0.4 is 0 Å². The minimum atomic E-state index is -0.369. The van der Waals surface area contributed by atoms with Gasteiger partial charge in [-0.25, -0.2) is 0 Å². The monoisotopic (exact) mass is 162 g/mol. The molecule has 64 valence electrons. The maximum atomic E-state index is 8.98. The fourth-order valence-electron chi connectivity index (χ4n) is 0.928. The molecule has 0 spiro atoms. The molecule has 1 aromatic carbocycles. The van der Waals surface area contributed by atoms with Crippen LogP contribution in [0.25, 0.3) is 6.08 Å². The van der Waals surface area contributed by atoms with Crippen molar-refractivity contribution in [2.45, 2.75) is 20.0 Å². The number of aliphatic hydroxyl groups is 1. The lowest BCUT2D eigenvalue weighted by Gasteiger charge is -1.96. The maximum absolute atomic E-state index is 8.98. The van der Waals surface area contributed by atoms with Crippen molar-refractivity contribution in [1.29, 1.82) is 0 Å². The molecule has 0 aromatic heterocycles. The molecule has 0 saturated heterocycles. The van der Waals surface area contributed by atoms with E-state index in [0.29, 0.717) is 0 Å². The van der Waals surface area contributed by atoms with Gasteiger partial charge in [-0.3, -0.25) is 0 Å². The van der Waals surface area contributed by atoms with Crippen molar-refractivity contribution in [3.05, 3.63) is 41.5 Å². The first kappa shape index (κ1) is 9.01. The fraction of sp³-hybridized carbons (Fsp3) is 0.273. The van der Waals surface area contributed by atoms with Gasteiger partial charge in [0.15, 0.2) is 0 Å². The van der Waals surface area contributed by atoms with Gasteiger partial charge in [0.25, 0.3) is 0 Å². The second-order valence-corrected chi connectivity index (χ2v) is 3.01. The lowest BCUT2D eigenvalue weighted by atomic mass is 10.1. The molecule has 1 nitrogen and oxygen atoms in total. The normalized spacial score (nSPS) is 13.6. The first-order chi connectivity index (χ1) is 5.68. The van der Waals surface area contributed by atoms with Gasteiger partial charge in [-0.1, -0.05) is 42.0 Å². The minimum Gasteiger partial charge on any atom is -0.389 e. The van der Waals surface area contributed by atoms with Gasteiger partial charge >= 0.3 is 0 Å². The topological polar surface area (TPSA) is 20.2 Å². The predicted molar refractivity (Wildman–Crippen MR) is 51.9 cm³/mol. The molecular formula is C11H14O. The molecular weight excluding hydrogens is 148 g/mol. The molecule has 0 aliphatic rings. The van der Waals surface area contributed by atoms with Crippen molar-refractivity contribution in [2.24, 2.45) is 0 Å². The molecule has 0 saturated carbocycles. The Morgan fingerprint density at radius 3 is 2.33 bits per heavy atom. The SMILES string of the molecule is Cc1ccc(/C=C/[C@H](C)O)cc1. The molecule has 1 aromatic rings. The van der Waals surface area contributed by atoms with Crippen LogP contribution in [0.1, 0.15) is 18.1 Å². The lowest BCUT2D eigenvalue weighted by molar-refractivity contribution is 0.245. The van der Waals surface area contributed by atoms with Gasteiger partial charge in [0, 0.05) is 0 Å². The Labute approximate surface area is 73.4 Å². The second-order valence-electron chi connectivity index (χ2n) is 3.01. The van der Waals surface area contributed by atoms with Gasteiger partial charge in [0.1, 0.15) is 0 Å².